The third-order valence-corrected chi connectivity index (χ3v) is 582. The van der Waals surface area contributed by atoms with Gasteiger partial charge in [0.05, 0.1) is 0 Å². The Morgan fingerprint density at radius 2 is 0.171 bits per heavy atom. The van der Waals surface area contributed by atoms with Gasteiger partial charge in [0.2, 0.25) is 0 Å². The van der Waals surface area contributed by atoms with E-state index in [9.17, 15) is 0 Å². The largest absolute Gasteiger partial charge is 0.102 e. The molecule has 0 heterocycles. The first-order valence-corrected chi connectivity index (χ1v) is 167. The molecule has 0 spiro atoms. The van der Waals surface area contributed by atoms with Crippen LogP contribution in [0.5, 0.6) is 0 Å². The Hall–Kier alpha value is 35.3. The Morgan fingerprint density at radius 1 is 0.0976 bits per heavy atom. The quantitative estimate of drug-likeness (QED) is 0.0538. The molecular weight excluding hydrogens is 2540 g/mol. The standard InChI is InChI=1S/H82P82/c1-43(2)64(44(3)4)74(63(41)42)79(73(61(37)38)62(39)40)82(80(75(65(45(5)6)46(7)8)66(47(9)10)48(11)12)76(67(49(13)14)50(15)16)68(51(17)18)52(19)20)81(77(69(53(21)22)54(23)24)70(55(25)26)56(27)28)78(71(57(29)30)58(31)32)72(59(33)34)60(35)36/h1-2H,3-42H2. The molecule has 0 N–H and O–H groups in total. The molecule has 0 aliphatic rings. The van der Waals surface area contributed by atoms with Gasteiger partial charge in [0, 0.05) is 0 Å². The number of hydrogen-bond acceptors (Lipinski definition) is 0. The van der Waals surface area contributed by atoms with E-state index in [-0.39, 0.29) is 189 Å². The minimum atomic E-state index is -0.542. The zero-order valence-corrected chi connectivity index (χ0v) is 126. The van der Waals surface area contributed by atoms with E-state index < -0.39 is 90.8 Å². The van der Waals surface area contributed by atoms with Crippen molar-refractivity contribution in [2.45, 2.75) is 0 Å². The van der Waals surface area contributed by atoms with Gasteiger partial charge in [0.15, 0.2) is 0 Å². The topological polar surface area (TPSA) is 0 Å². The van der Waals surface area contributed by atoms with Crippen LogP contribution in [-0.2, 0) is 0 Å². The number of hydrogen-bond donors (Lipinski definition) is 0. The smallest absolute Gasteiger partial charge is 0.00000417 e. The summed E-state index contributed by atoms with van der Waals surface area (Å²) in [7, 11) is 157. The molecule has 0 fully saturated rings. The van der Waals surface area contributed by atoms with Gasteiger partial charge < -0.3 is 0 Å². The third-order valence-electron chi connectivity index (χ3n) is 7.19. The van der Waals surface area contributed by atoms with Crippen molar-refractivity contribution in [3.8, 4) is 0 Å². The molecule has 0 amide bonds. The minimum Gasteiger partial charge on any atom is -0.102 e. The van der Waals surface area contributed by atoms with Crippen molar-refractivity contribution in [1.82, 2.24) is 0 Å². The molecule has 2 radical (unpaired) electrons. The summed E-state index contributed by atoms with van der Waals surface area (Å²) in [6.07, 6.45) is 0. The maximum Gasteiger partial charge on any atom is -0.00000417 e. The van der Waals surface area contributed by atoms with E-state index in [0.29, 0.717) is 0 Å². The molecule has 82 heavy (non-hydrogen) atoms. The van der Waals surface area contributed by atoms with Gasteiger partial charge in [0.25, 0.3) is 0 Å². The van der Waals surface area contributed by atoms with Gasteiger partial charge in [-0.2, -0.15) is 0 Å². The zero-order valence-electron chi connectivity index (χ0n) is 42.0. The van der Waals surface area contributed by atoms with E-state index in [1.165, 1.54) is 0 Å². The van der Waals surface area contributed by atoms with Crippen LogP contribution in [0.1, 0.15) is 0 Å². The molecule has 82 heteroatoms. The average molecular weight is 2620 g/mol. The van der Waals surface area contributed by atoms with E-state index in [4.69, 9.17) is 17.9 Å². The Kier molecular flexibility index (Phi) is 91.6. The minimum absolute atomic E-state index is 0.333. The fraction of sp³-hybridized carbons (Fsp3) is 0. The summed E-state index contributed by atoms with van der Waals surface area (Å²) in [5.41, 5.74) is 0. The maximum absolute atomic E-state index is 4.73. The Morgan fingerprint density at radius 3 is 0.244 bits per heavy atom. The van der Waals surface area contributed by atoms with E-state index in [1.807, 2.05) is 0 Å². The van der Waals surface area contributed by atoms with Gasteiger partial charge in [-0.1, -0.05) is 17.9 Å². The van der Waals surface area contributed by atoms with Gasteiger partial charge in [-0.3, -0.25) is 0 Å². The van der Waals surface area contributed by atoms with Crippen LogP contribution in [-0.4, -0.2) is 0 Å². The van der Waals surface area contributed by atoms with Crippen molar-refractivity contribution in [1.29, 1.82) is 0 Å². The summed E-state index contributed by atoms with van der Waals surface area (Å²) in [5, 5.41) is 0. The molecule has 0 rings (SSSR count). The molecule has 0 saturated carbocycles. The lowest BCUT2D eigenvalue weighted by Crippen LogP contribution is -1.75. The molecule has 43 unspecified atom stereocenters. The number of rotatable bonds is 39. The molecule has 0 aromatic heterocycles. The van der Waals surface area contributed by atoms with Crippen molar-refractivity contribution in [3.05, 3.63) is 0 Å². The highest BCUT2D eigenvalue weighted by atomic mass is 33.6. The molecule has 0 saturated heterocycles. The van der Waals surface area contributed by atoms with Crippen molar-refractivity contribution >= 4 is 654 Å². The van der Waals surface area contributed by atoms with Crippen molar-refractivity contribution in [2.24, 2.45) is 0 Å². The van der Waals surface area contributed by atoms with Crippen LogP contribution in [0.3, 0.4) is 0 Å². The highest BCUT2D eigenvalue weighted by Gasteiger charge is 2.65. The van der Waals surface area contributed by atoms with Gasteiger partial charge in [-0.25, -0.2) is 0 Å². The normalized spacial score (nSPS) is 15.4. The lowest BCUT2D eigenvalue weighted by molar-refractivity contribution is 4.31. The van der Waals surface area contributed by atoms with E-state index in [2.05, 4.69) is 357 Å². The van der Waals surface area contributed by atoms with Crippen LogP contribution in [0, 0.1) is 0 Å². The second-order valence-electron chi connectivity index (χ2n) is 13.0. The lowest BCUT2D eigenvalue weighted by Gasteiger charge is -2.63. The first-order chi connectivity index (χ1) is 37.2. The summed E-state index contributed by atoms with van der Waals surface area (Å²) >= 11 is 0. The van der Waals surface area contributed by atoms with Crippen LogP contribution in [0.2, 0.25) is 0 Å². The lowest BCUT2D eigenvalue weighted by atomic mass is 28.4. The van der Waals surface area contributed by atoms with Gasteiger partial charge in [0.1, 0.15) is 0 Å². The first kappa shape index (κ1) is 117. The van der Waals surface area contributed by atoms with Crippen LogP contribution in [0.25, 0.3) is 0 Å². The van der Waals surface area contributed by atoms with Crippen molar-refractivity contribution < 1.29 is 0 Å². The maximum atomic E-state index is 4.73. The van der Waals surface area contributed by atoms with Crippen LogP contribution in [0.4, 0.5) is 0 Å². The molecule has 0 aromatic carbocycles. The molecule has 0 aromatic rings. The summed E-state index contributed by atoms with van der Waals surface area (Å²) < 4.78 is 0. The average Bonchev–Trinajstić information content (AvgIpc) is 3.24. The second-order valence-corrected chi connectivity index (χ2v) is 351. The Labute approximate surface area is 644 Å². The second kappa shape index (κ2) is 64.1. The van der Waals surface area contributed by atoms with Gasteiger partial charge in [-0.15, -0.1) is 357 Å². The van der Waals surface area contributed by atoms with Crippen molar-refractivity contribution in [3.63, 3.8) is 0 Å². The monoisotopic (exact) mass is 2620 g/mol. The Bertz CT molecular complexity index is 1280. The predicted octanol–water partition coefficient (Wildman–Crippen LogP) is 48.7. The SMILES string of the molecule is [PH]P([PH])P(P(P)P)P(P(P)P)P(P(P(P)P)P(P)P)P(P(P(P(P(P)P)P(P)P)P(P(P)P)P(P)P)P(P(P(P)P)P(P)P)P(P(P)P)P(P)P)P(P(P(P(P)P)P(P)P)P(P(P)P)P(P)P)P(P(P(P)P)P(P)P)P(P(P)P)P(P)P. The first-order valence-electron chi connectivity index (χ1n) is 18.6. The fourth-order valence-electron chi connectivity index (χ4n) is 4.99. The molecular formula is H82P82. The Balaban J connectivity index is 12.9. The molecule has 492 valence electrons. The molecule has 0 bridgehead atoms. The van der Waals surface area contributed by atoms with Crippen LogP contribution < -0.4 is 0 Å². The van der Waals surface area contributed by atoms with Crippen molar-refractivity contribution in [2.75, 3.05) is 0 Å². The summed E-state index contributed by atoms with van der Waals surface area (Å²) in [4.78, 5) is 0. The molecule has 0 nitrogen and oxygen atoms in total. The molecule has 0 aliphatic carbocycles. The molecule has 0 aliphatic heterocycles. The van der Waals surface area contributed by atoms with E-state index in [1.54, 1.807) is 0 Å². The van der Waals surface area contributed by atoms with Crippen LogP contribution >= 0.6 is 654 Å². The zero-order chi connectivity index (χ0) is 65.1. The predicted molar refractivity (Wildman–Crippen MR) is 682 cm³/mol. The summed E-state index contributed by atoms with van der Waals surface area (Å²) in [5.74, 6) is 0. The summed E-state index contributed by atoms with van der Waals surface area (Å²) in [6, 6.07) is 0. The highest BCUT2D eigenvalue weighted by Crippen LogP contribution is 3.52. The van der Waals surface area contributed by atoms with E-state index >= 15 is 0 Å². The molecule has 43 atom stereocenters. The van der Waals surface area contributed by atoms with Gasteiger partial charge >= 0.3 is 0 Å². The highest BCUT2D eigenvalue weighted by molar-refractivity contribution is 9.58. The van der Waals surface area contributed by atoms with Crippen LogP contribution in [0.15, 0.2) is 0 Å². The fourth-order valence-corrected chi connectivity index (χ4v) is 1210. The van der Waals surface area contributed by atoms with E-state index in [0.717, 1.165) is 0 Å². The third kappa shape index (κ3) is 41.1. The summed E-state index contributed by atoms with van der Waals surface area (Å²) in [6.45, 7) is -15.3. The van der Waals surface area contributed by atoms with Gasteiger partial charge in [-0.05, 0) is 279 Å².